The molecule has 0 aliphatic rings. The van der Waals surface area contributed by atoms with Crippen molar-refractivity contribution >= 4 is 27.3 Å². The summed E-state index contributed by atoms with van der Waals surface area (Å²) in [6.45, 7) is 2.00. The zero-order valence-corrected chi connectivity index (χ0v) is 17.1. The number of benzene rings is 2. The first kappa shape index (κ1) is 21.4. The first-order valence-electron chi connectivity index (χ1n) is 8.51. The van der Waals surface area contributed by atoms with Gasteiger partial charge in [0.25, 0.3) is 0 Å². The third kappa shape index (κ3) is 5.53. The number of nitrogens with zero attached hydrogens (tertiary/aromatic N) is 1. The van der Waals surface area contributed by atoms with Crippen molar-refractivity contribution in [1.29, 1.82) is 0 Å². The zero-order chi connectivity index (χ0) is 20.7. The van der Waals surface area contributed by atoms with Crippen LogP contribution in [0.2, 0.25) is 0 Å². The summed E-state index contributed by atoms with van der Waals surface area (Å²) < 4.78 is 41.4. The summed E-state index contributed by atoms with van der Waals surface area (Å²) in [6, 6.07) is 11.5. The molecule has 2 aromatic carbocycles. The highest BCUT2D eigenvalue weighted by molar-refractivity contribution is 7.92. The Morgan fingerprint density at radius 1 is 1.04 bits per heavy atom. The maximum absolute atomic E-state index is 12.5. The Morgan fingerprint density at radius 2 is 1.68 bits per heavy atom. The molecule has 0 saturated heterocycles. The Labute approximate surface area is 165 Å². The van der Waals surface area contributed by atoms with E-state index in [1.165, 1.54) is 20.3 Å². The lowest BCUT2D eigenvalue weighted by atomic mass is 10.2. The number of methoxy groups -OCH3 is 2. The van der Waals surface area contributed by atoms with Crippen LogP contribution in [0.5, 0.6) is 17.2 Å². The van der Waals surface area contributed by atoms with E-state index in [0.717, 1.165) is 10.6 Å². The predicted molar refractivity (Wildman–Crippen MR) is 108 cm³/mol. The van der Waals surface area contributed by atoms with Gasteiger partial charge in [-0.15, -0.1) is 0 Å². The minimum Gasteiger partial charge on any atom is -0.497 e. The number of carbonyl (C=O) groups is 1. The van der Waals surface area contributed by atoms with Crippen molar-refractivity contribution in [3.63, 3.8) is 0 Å². The summed E-state index contributed by atoms with van der Waals surface area (Å²) in [5, 5.41) is 2.68. The molecular formula is C19H24N2O6S. The number of nitrogens with one attached hydrogen (secondary N) is 1. The number of rotatable bonds is 9. The molecule has 0 aromatic heterocycles. The van der Waals surface area contributed by atoms with E-state index in [2.05, 4.69) is 5.32 Å². The lowest BCUT2D eigenvalue weighted by Gasteiger charge is -2.24. The number of carbonyl (C=O) groups excluding carboxylic acids is 1. The standard InChI is InChI=1S/C19H24N2O6S/c1-5-27-15-8-6-14(7-9-15)20-19(22)13-21(28(4,23)24)17-12-16(25-2)10-11-18(17)26-3/h6-12H,5,13H2,1-4H3,(H,20,22). The van der Waals surface area contributed by atoms with E-state index >= 15 is 0 Å². The van der Waals surface area contributed by atoms with Gasteiger partial charge < -0.3 is 19.5 Å². The molecule has 0 aliphatic heterocycles. The third-order valence-electron chi connectivity index (χ3n) is 3.79. The van der Waals surface area contributed by atoms with Gasteiger partial charge in [0.05, 0.1) is 32.8 Å². The minimum absolute atomic E-state index is 0.214. The quantitative estimate of drug-likeness (QED) is 0.685. The van der Waals surface area contributed by atoms with Crippen LogP contribution in [0.4, 0.5) is 11.4 Å². The molecule has 1 amide bonds. The van der Waals surface area contributed by atoms with Crippen molar-refractivity contribution in [3.05, 3.63) is 42.5 Å². The first-order valence-corrected chi connectivity index (χ1v) is 10.4. The summed E-state index contributed by atoms with van der Waals surface area (Å²) in [6.07, 6.45) is 1.02. The van der Waals surface area contributed by atoms with Gasteiger partial charge in [-0.05, 0) is 43.3 Å². The van der Waals surface area contributed by atoms with Gasteiger partial charge in [0.15, 0.2) is 0 Å². The Kier molecular flexibility index (Phi) is 7.11. The van der Waals surface area contributed by atoms with Gasteiger partial charge in [-0.25, -0.2) is 8.42 Å². The minimum atomic E-state index is -3.76. The van der Waals surface area contributed by atoms with Crippen LogP contribution < -0.4 is 23.8 Å². The predicted octanol–water partition coefficient (Wildman–Crippen LogP) is 2.51. The number of hydrogen-bond acceptors (Lipinski definition) is 6. The summed E-state index contributed by atoms with van der Waals surface area (Å²) in [5.41, 5.74) is 0.741. The highest BCUT2D eigenvalue weighted by atomic mass is 32.2. The lowest BCUT2D eigenvalue weighted by Crippen LogP contribution is -2.37. The van der Waals surface area contributed by atoms with Crippen molar-refractivity contribution in [1.82, 2.24) is 0 Å². The van der Waals surface area contributed by atoms with Crippen molar-refractivity contribution in [2.45, 2.75) is 6.92 Å². The van der Waals surface area contributed by atoms with E-state index < -0.39 is 22.5 Å². The molecule has 152 valence electrons. The molecule has 2 rings (SSSR count). The Balaban J connectivity index is 2.24. The summed E-state index contributed by atoms with van der Waals surface area (Å²) in [5.74, 6) is 0.926. The number of ether oxygens (including phenoxy) is 3. The molecule has 28 heavy (non-hydrogen) atoms. The molecule has 0 bridgehead atoms. The van der Waals surface area contributed by atoms with Gasteiger partial charge in [-0.1, -0.05) is 0 Å². The molecule has 1 N–H and O–H groups in total. The Bertz CT molecular complexity index is 913. The summed E-state index contributed by atoms with van der Waals surface area (Å²) in [4.78, 5) is 12.5. The van der Waals surface area contributed by atoms with Gasteiger partial charge in [-0.3, -0.25) is 9.10 Å². The lowest BCUT2D eigenvalue weighted by molar-refractivity contribution is -0.114. The monoisotopic (exact) mass is 408 g/mol. The van der Waals surface area contributed by atoms with E-state index in [1.54, 1.807) is 36.4 Å². The number of amides is 1. The highest BCUT2D eigenvalue weighted by Gasteiger charge is 2.24. The second-order valence-electron chi connectivity index (χ2n) is 5.81. The van der Waals surface area contributed by atoms with E-state index in [0.29, 0.717) is 29.5 Å². The Morgan fingerprint density at radius 3 is 2.21 bits per heavy atom. The molecule has 0 atom stereocenters. The molecule has 0 spiro atoms. The number of sulfonamides is 1. The second-order valence-corrected chi connectivity index (χ2v) is 7.72. The normalized spacial score (nSPS) is 10.9. The van der Waals surface area contributed by atoms with Crippen LogP contribution in [0, 0.1) is 0 Å². The van der Waals surface area contributed by atoms with Crippen molar-refractivity contribution in [3.8, 4) is 17.2 Å². The second kappa shape index (κ2) is 9.32. The van der Waals surface area contributed by atoms with Crippen LogP contribution in [0.1, 0.15) is 6.92 Å². The van der Waals surface area contributed by atoms with Crippen LogP contribution in [-0.4, -0.2) is 48.0 Å². The fourth-order valence-electron chi connectivity index (χ4n) is 2.50. The topological polar surface area (TPSA) is 94.2 Å². The highest BCUT2D eigenvalue weighted by Crippen LogP contribution is 2.33. The Hall–Kier alpha value is -2.94. The molecule has 0 unspecified atom stereocenters. The third-order valence-corrected chi connectivity index (χ3v) is 4.92. The SMILES string of the molecule is CCOc1ccc(NC(=O)CN(c2cc(OC)ccc2OC)S(C)(=O)=O)cc1. The smallest absolute Gasteiger partial charge is 0.245 e. The molecule has 0 aliphatic carbocycles. The average molecular weight is 408 g/mol. The van der Waals surface area contributed by atoms with Gasteiger partial charge in [0.1, 0.15) is 23.8 Å². The first-order chi connectivity index (χ1) is 13.3. The van der Waals surface area contributed by atoms with E-state index in [9.17, 15) is 13.2 Å². The molecular weight excluding hydrogens is 384 g/mol. The van der Waals surface area contributed by atoms with E-state index in [-0.39, 0.29) is 5.69 Å². The summed E-state index contributed by atoms with van der Waals surface area (Å²) >= 11 is 0. The summed E-state index contributed by atoms with van der Waals surface area (Å²) in [7, 11) is -0.870. The zero-order valence-electron chi connectivity index (χ0n) is 16.3. The molecule has 0 radical (unpaired) electrons. The maximum atomic E-state index is 12.5. The van der Waals surface area contributed by atoms with Crippen LogP contribution >= 0.6 is 0 Å². The fourth-order valence-corrected chi connectivity index (χ4v) is 3.36. The number of anilines is 2. The molecule has 2 aromatic rings. The largest absolute Gasteiger partial charge is 0.497 e. The van der Waals surface area contributed by atoms with Gasteiger partial charge in [0, 0.05) is 11.8 Å². The van der Waals surface area contributed by atoms with E-state index in [4.69, 9.17) is 14.2 Å². The number of hydrogen-bond donors (Lipinski definition) is 1. The van der Waals surface area contributed by atoms with Crippen LogP contribution in [0.3, 0.4) is 0 Å². The molecule has 0 saturated carbocycles. The molecule has 0 heterocycles. The van der Waals surface area contributed by atoms with Crippen molar-refractivity contribution < 1.29 is 27.4 Å². The average Bonchev–Trinajstić information content (AvgIpc) is 2.66. The van der Waals surface area contributed by atoms with Gasteiger partial charge >= 0.3 is 0 Å². The maximum Gasteiger partial charge on any atom is 0.245 e. The van der Waals surface area contributed by atoms with Gasteiger partial charge in [0.2, 0.25) is 15.9 Å². The van der Waals surface area contributed by atoms with Crippen LogP contribution in [0.15, 0.2) is 42.5 Å². The van der Waals surface area contributed by atoms with Crippen molar-refractivity contribution in [2.24, 2.45) is 0 Å². The molecule has 0 fully saturated rings. The van der Waals surface area contributed by atoms with E-state index in [1.807, 2.05) is 6.92 Å². The molecule has 9 heteroatoms. The van der Waals surface area contributed by atoms with Crippen LogP contribution in [0.25, 0.3) is 0 Å². The fraction of sp³-hybridized carbons (Fsp3) is 0.316. The molecule has 8 nitrogen and oxygen atoms in total. The van der Waals surface area contributed by atoms with Gasteiger partial charge in [-0.2, -0.15) is 0 Å². The van der Waals surface area contributed by atoms with Crippen LogP contribution in [-0.2, 0) is 14.8 Å². The van der Waals surface area contributed by atoms with Crippen molar-refractivity contribution in [2.75, 3.05) is 43.2 Å².